The topological polar surface area (TPSA) is 84.0 Å². The molecule has 32 heavy (non-hydrogen) atoms. The molecule has 1 heterocycles. The normalized spacial score (nSPS) is 14.8. The summed E-state index contributed by atoms with van der Waals surface area (Å²) in [5.41, 5.74) is 0.123. The van der Waals surface area contributed by atoms with E-state index in [1.165, 1.54) is 24.3 Å². The number of nitrogens with zero attached hydrogens (tertiary/aromatic N) is 2. The average molecular weight is 499 g/mol. The molecule has 2 aromatic carbocycles. The predicted molar refractivity (Wildman–Crippen MR) is 123 cm³/mol. The zero-order valence-corrected chi connectivity index (χ0v) is 19.9. The minimum Gasteiger partial charge on any atom is -0.466 e. The van der Waals surface area contributed by atoms with Crippen LogP contribution in [0.4, 0.5) is 5.69 Å². The first-order chi connectivity index (χ1) is 15.2. The first kappa shape index (κ1) is 24.4. The van der Waals surface area contributed by atoms with Gasteiger partial charge in [0.05, 0.1) is 28.1 Å². The minimum atomic E-state index is -4.09. The largest absolute Gasteiger partial charge is 0.466 e. The Morgan fingerprint density at radius 2 is 1.75 bits per heavy atom. The summed E-state index contributed by atoms with van der Waals surface area (Å²) in [5.74, 6) is -0.910. The van der Waals surface area contributed by atoms with Gasteiger partial charge in [0.2, 0.25) is 5.91 Å². The van der Waals surface area contributed by atoms with Crippen LogP contribution in [-0.4, -0.2) is 51.4 Å². The lowest BCUT2D eigenvalue weighted by Crippen LogP contribution is -2.46. The van der Waals surface area contributed by atoms with Crippen molar-refractivity contribution in [1.82, 2.24) is 4.90 Å². The molecule has 0 N–H and O–H groups in total. The van der Waals surface area contributed by atoms with E-state index in [0.717, 1.165) is 4.31 Å². The molecule has 1 fully saturated rings. The Bertz CT molecular complexity index is 1070. The minimum absolute atomic E-state index is 0.0323. The fourth-order valence-electron chi connectivity index (χ4n) is 3.54. The number of carbonyl (C=O) groups excluding carboxylic acids is 2. The van der Waals surface area contributed by atoms with Crippen molar-refractivity contribution < 1.29 is 22.7 Å². The van der Waals surface area contributed by atoms with Crippen LogP contribution in [0.2, 0.25) is 10.0 Å². The second kappa shape index (κ2) is 10.6. The summed E-state index contributed by atoms with van der Waals surface area (Å²) in [6.07, 6.45) is 0.932. The van der Waals surface area contributed by atoms with Crippen molar-refractivity contribution in [3.63, 3.8) is 0 Å². The fourth-order valence-corrected chi connectivity index (χ4v) is 5.43. The Balaban J connectivity index is 1.85. The van der Waals surface area contributed by atoms with E-state index in [1.807, 2.05) is 0 Å². The molecule has 1 aliphatic rings. The van der Waals surface area contributed by atoms with Crippen molar-refractivity contribution in [1.29, 1.82) is 0 Å². The average Bonchev–Trinajstić information content (AvgIpc) is 2.80. The van der Waals surface area contributed by atoms with E-state index in [-0.39, 0.29) is 33.4 Å². The molecular weight excluding hydrogens is 475 g/mol. The quantitative estimate of drug-likeness (QED) is 0.538. The second-order valence-corrected chi connectivity index (χ2v) is 10.0. The summed E-state index contributed by atoms with van der Waals surface area (Å²) in [6, 6.07) is 12.3. The highest BCUT2D eigenvalue weighted by Crippen LogP contribution is 2.33. The molecule has 0 saturated carbocycles. The third-order valence-corrected chi connectivity index (χ3v) is 7.58. The lowest BCUT2D eigenvalue weighted by Gasteiger charge is -2.33. The van der Waals surface area contributed by atoms with Gasteiger partial charge in [-0.2, -0.15) is 0 Å². The van der Waals surface area contributed by atoms with Gasteiger partial charge in [-0.1, -0.05) is 41.4 Å². The SMILES string of the molecule is CCOC(=O)C1CCN(C(=O)CN(c2cc(Cl)ccc2Cl)S(=O)(=O)c2ccccc2)CC1. The van der Waals surface area contributed by atoms with Gasteiger partial charge < -0.3 is 9.64 Å². The molecule has 172 valence electrons. The van der Waals surface area contributed by atoms with Crippen LogP contribution in [-0.2, 0) is 24.3 Å². The number of esters is 1. The number of piperidine rings is 1. The smallest absolute Gasteiger partial charge is 0.309 e. The Labute approximate surface area is 197 Å². The van der Waals surface area contributed by atoms with Crippen LogP contribution in [0.5, 0.6) is 0 Å². The van der Waals surface area contributed by atoms with Gasteiger partial charge in [-0.3, -0.25) is 13.9 Å². The molecule has 2 aromatic rings. The van der Waals surface area contributed by atoms with Crippen LogP contribution in [0.3, 0.4) is 0 Å². The molecule has 0 bridgehead atoms. The predicted octanol–water partition coefficient (Wildman–Crippen LogP) is 3.99. The van der Waals surface area contributed by atoms with E-state index >= 15 is 0 Å². The first-order valence-corrected chi connectivity index (χ1v) is 12.4. The van der Waals surface area contributed by atoms with Gasteiger partial charge in [0, 0.05) is 18.1 Å². The highest BCUT2D eigenvalue weighted by Gasteiger charge is 2.33. The summed E-state index contributed by atoms with van der Waals surface area (Å²) in [4.78, 5) is 26.6. The number of hydrogen-bond donors (Lipinski definition) is 0. The van der Waals surface area contributed by atoms with Crippen molar-refractivity contribution in [2.45, 2.75) is 24.7 Å². The van der Waals surface area contributed by atoms with Crippen LogP contribution in [0, 0.1) is 5.92 Å². The van der Waals surface area contributed by atoms with Crippen LogP contribution >= 0.6 is 23.2 Å². The van der Waals surface area contributed by atoms with Crippen LogP contribution in [0.1, 0.15) is 19.8 Å². The standard InChI is InChI=1S/C22H24Cl2N2O5S/c1-2-31-22(28)16-10-12-25(13-11-16)21(27)15-26(20-14-17(23)8-9-19(20)24)32(29,30)18-6-4-3-5-7-18/h3-9,14,16H,2,10-13,15H2,1H3. The third-order valence-electron chi connectivity index (χ3n) is 5.25. The molecule has 3 rings (SSSR count). The highest BCUT2D eigenvalue weighted by molar-refractivity contribution is 7.92. The van der Waals surface area contributed by atoms with E-state index in [2.05, 4.69) is 0 Å². The van der Waals surface area contributed by atoms with Gasteiger partial charge >= 0.3 is 5.97 Å². The van der Waals surface area contributed by atoms with Crippen LogP contribution in [0.15, 0.2) is 53.4 Å². The molecule has 10 heteroatoms. The van der Waals surface area contributed by atoms with Gasteiger partial charge in [-0.05, 0) is 50.1 Å². The molecule has 0 spiro atoms. The number of ether oxygens (including phenoxy) is 1. The summed E-state index contributed by atoms with van der Waals surface area (Å²) < 4.78 is 32.9. The number of amides is 1. The summed E-state index contributed by atoms with van der Waals surface area (Å²) >= 11 is 12.4. The zero-order chi connectivity index (χ0) is 23.3. The Kier molecular flexibility index (Phi) is 8.03. The Morgan fingerprint density at radius 1 is 1.09 bits per heavy atom. The van der Waals surface area contributed by atoms with Crippen molar-refractivity contribution in [2.75, 3.05) is 30.5 Å². The van der Waals surface area contributed by atoms with Crippen molar-refractivity contribution in [3.05, 3.63) is 58.6 Å². The number of halogens is 2. The molecule has 0 unspecified atom stereocenters. The summed E-state index contributed by atoms with van der Waals surface area (Å²) in [6.45, 7) is 2.29. The van der Waals surface area contributed by atoms with E-state index in [1.54, 1.807) is 36.1 Å². The maximum atomic E-state index is 13.4. The number of benzene rings is 2. The van der Waals surface area contributed by atoms with E-state index in [9.17, 15) is 18.0 Å². The molecule has 1 saturated heterocycles. The lowest BCUT2D eigenvalue weighted by atomic mass is 9.97. The van der Waals surface area contributed by atoms with Crippen molar-refractivity contribution in [2.24, 2.45) is 5.92 Å². The molecule has 1 aliphatic heterocycles. The van der Waals surface area contributed by atoms with Crippen molar-refractivity contribution in [3.8, 4) is 0 Å². The van der Waals surface area contributed by atoms with Gasteiger partial charge in [0.25, 0.3) is 10.0 Å². The van der Waals surface area contributed by atoms with Crippen molar-refractivity contribution >= 4 is 50.8 Å². The van der Waals surface area contributed by atoms with E-state index in [4.69, 9.17) is 27.9 Å². The number of anilines is 1. The zero-order valence-electron chi connectivity index (χ0n) is 17.5. The Hall–Kier alpha value is -2.29. The summed E-state index contributed by atoms with van der Waals surface area (Å²) in [7, 11) is -4.09. The maximum Gasteiger partial charge on any atom is 0.309 e. The molecule has 0 atom stereocenters. The maximum absolute atomic E-state index is 13.4. The van der Waals surface area contributed by atoms with Gasteiger partial charge in [0.1, 0.15) is 6.54 Å². The van der Waals surface area contributed by atoms with Crippen LogP contribution < -0.4 is 4.31 Å². The lowest BCUT2D eigenvalue weighted by molar-refractivity contribution is -0.151. The number of sulfonamides is 1. The number of rotatable bonds is 7. The van der Waals surface area contributed by atoms with E-state index < -0.39 is 16.6 Å². The molecule has 0 aromatic heterocycles. The highest BCUT2D eigenvalue weighted by atomic mass is 35.5. The number of hydrogen-bond acceptors (Lipinski definition) is 5. The van der Waals surface area contributed by atoms with Crippen LogP contribution in [0.25, 0.3) is 0 Å². The van der Waals surface area contributed by atoms with Gasteiger partial charge in [0.15, 0.2) is 0 Å². The monoisotopic (exact) mass is 498 g/mol. The van der Waals surface area contributed by atoms with Gasteiger partial charge in [-0.15, -0.1) is 0 Å². The first-order valence-electron chi connectivity index (χ1n) is 10.2. The Morgan fingerprint density at radius 3 is 2.38 bits per heavy atom. The molecule has 0 aliphatic carbocycles. The second-order valence-electron chi connectivity index (χ2n) is 7.33. The molecular formula is C22H24Cl2N2O5S. The molecule has 7 nitrogen and oxygen atoms in total. The molecule has 1 amide bonds. The number of likely N-dealkylation sites (tertiary alicyclic amines) is 1. The number of carbonyl (C=O) groups is 2. The molecule has 0 radical (unpaired) electrons. The third kappa shape index (κ3) is 5.54. The fraction of sp³-hybridized carbons (Fsp3) is 0.364. The van der Waals surface area contributed by atoms with E-state index in [0.29, 0.717) is 37.6 Å². The van der Waals surface area contributed by atoms with Gasteiger partial charge in [-0.25, -0.2) is 8.42 Å². The summed E-state index contributed by atoms with van der Waals surface area (Å²) in [5, 5.41) is 0.447.